The third-order valence-electron chi connectivity index (χ3n) is 2.44. The van der Waals surface area contributed by atoms with Gasteiger partial charge in [-0.2, -0.15) is 0 Å². The number of nitrogens with zero attached hydrogens (tertiary/aromatic N) is 1. The lowest BCUT2D eigenvalue weighted by molar-refractivity contribution is -0.130. The summed E-state index contributed by atoms with van der Waals surface area (Å²) in [5.74, 6) is 0.204. The van der Waals surface area contributed by atoms with Crippen LogP contribution < -0.4 is 5.32 Å². The standard InChI is InChI=1S/C10H20N2O/c1-8(2)11-10-5-4-6-12(7-10)9(3)13/h8,10-11H,4-7H2,1-3H3/t10-/m0/s1. The second kappa shape index (κ2) is 4.61. The van der Waals surface area contributed by atoms with E-state index in [4.69, 9.17) is 0 Å². The van der Waals surface area contributed by atoms with E-state index in [1.54, 1.807) is 6.92 Å². The van der Waals surface area contributed by atoms with Crippen LogP contribution >= 0.6 is 0 Å². The van der Waals surface area contributed by atoms with Crippen molar-refractivity contribution in [1.82, 2.24) is 10.2 Å². The second-order valence-electron chi connectivity index (χ2n) is 4.13. The molecule has 0 bridgehead atoms. The molecule has 1 aliphatic heterocycles. The number of hydrogen-bond acceptors (Lipinski definition) is 2. The van der Waals surface area contributed by atoms with Crippen molar-refractivity contribution in [3.8, 4) is 0 Å². The molecule has 0 spiro atoms. The van der Waals surface area contributed by atoms with Gasteiger partial charge in [0.1, 0.15) is 0 Å². The summed E-state index contributed by atoms with van der Waals surface area (Å²) in [5, 5.41) is 3.47. The van der Waals surface area contributed by atoms with Crippen LogP contribution in [0.15, 0.2) is 0 Å². The van der Waals surface area contributed by atoms with Crippen LogP contribution in [0.25, 0.3) is 0 Å². The zero-order valence-electron chi connectivity index (χ0n) is 8.84. The molecule has 1 heterocycles. The molecule has 0 saturated carbocycles. The van der Waals surface area contributed by atoms with Gasteiger partial charge in [-0.15, -0.1) is 0 Å². The van der Waals surface area contributed by atoms with Gasteiger partial charge in [-0.3, -0.25) is 4.79 Å². The van der Waals surface area contributed by atoms with Crippen LogP contribution in [0.1, 0.15) is 33.6 Å². The van der Waals surface area contributed by atoms with Gasteiger partial charge in [0.05, 0.1) is 0 Å². The van der Waals surface area contributed by atoms with Crippen LogP contribution in [-0.4, -0.2) is 36.0 Å². The molecule has 3 heteroatoms. The third kappa shape index (κ3) is 3.35. The van der Waals surface area contributed by atoms with E-state index in [2.05, 4.69) is 19.2 Å². The van der Waals surface area contributed by atoms with Crippen LogP contribution in [-0.2, 0) is 4.79 Å². The summed E-state index contributed by atoms with van der Waals surface area (Å²) in [6, 6.07) is 1.01. The van der Waals surface area contributed by atoms with Gasteiger partial charge in [-0.1, -0.05) is 13.8 Å². The molecular weight excluding hydrogens is 164 g/mol. The smallest absolute Gasteiger partial charge is 0.219 e. The molecule has 1 aliphatic rings. The fourth-order valence-electron chi connectivity index (χ4n) is 1.87. The van der Waals surface area contributed by atoms with Gasteiger partial charge in [0.25, 0.3) is 0 Å². The van der Waals surface area contributed by atoms with E-state index in [1.165, 1.54) is 6.42 Å². The lowest BCUT2D eigenvalue weighted by Crippen LogP contribution is -2.49. The second-order valence-corrected chi connectivity index (χ2v) is 4.13. The molecule has 1 rings (SSSR count). The molecular formula is C10H20N2O. The minimum atomic E-state index is 0.204. The summed E-state index contributed by atoms with van der Waals surface area (Å²) in [5.41, 5.74) is 0. The fourth-order valence-corrected chi connectivity index (χ4v) is 1.87. The number of nitrogens with one attached hydrogen (secondary N) is 1. The van der Waals surface area contributed by atoms with E-state index in [9.17, 15) is 4.79 Å². The molecule has 1 amide bonds. The van der Waals surface area contributed by atoms with E-state index in [-0.39, 0.29) is 5.91 Å². The molecule has 1 N–H and O–H groups in total. The highest BCUT2D eigenvalue weighted by Crippen LogP contribution is 2.10. The number of carbonyl (C=O) groups excluding carboxylic acids is 1. The lowest BCUT2D eigenvalue weighted by Gasteiger charge is -2.33. The molecule has 1 saturated heterocycles. The van der Waals surface area contributed by atoms with Crippen LogP contribution in [0.3, 0.4) is 0 Å². The predicted octanol–water partition coefficient (Wildman–Crippen LogP) is 0.995. The molecule has 3 nitrogen and oxygen atoms in total. The molecule has 1 atom stereocenters. The largest absolute Gasteiger partial charge is 0.341 e. The Hall–Kier alpha value is -0.570. The van der Waals surface area contributed by atoms with E-state index in [0.717, 1.165) is 19.5 Å². The molecule has 0 aromatic heterocycles. The summed E-state index contributed by atoms with van der Waals surface area (Å²) in [4.78, 5) is 13.1. The fraction of sp³-hybridized carbons (Fsp3) is 0.900. The zero-order valence-corrected chi connectivity index (χ0v) is 8.84. The summed E-state index contributed by atoms with van der Waals surface area (Å²) in [6.45, 7) is 7.76. The minimum absolute atomic E-state index is 0.204. The van der Waals surface area contributed by atoms with Crippen molar-refractivity contribution in [3.63, 3.8) is 0 Å². The first-order chi connectivity index (χ1) is 6.09. The van der Waals surface area contributed by atoms with Crippen molar-refractivity contribution >= 4 is 5.91 Å². The molecule has 13 heavy (non-hydrogen) atoms. The van der Waals surface area contributed by atoms with Gasteiger partial charge in [-0.25, -0.2) is 0 Å². The van der Waals surface area contributed by atoms with E-state index in [0.29, 0.717) is 12.1 Å². The maximum Gasteiger partial charge on any atom is 0.219 e. The molecule has 1 fully saturated rings. The van der Waals surface area contributed by atoms with Gasteiger partial charge < -0.3 is 10.2 Å². The maximum atomic E-state index is 11.1. The Labute approximate surface area is 80.5 Å². The highest BCUT2D eigenvalue weighted by atomic mass is 16.2. The average Bonchev–Trinajstić information content (AvgIpc) is 2.03. The Morgan fingerprint density at radius 1 is 1.54 bits per heavy atom. The Kier molecular flexibility index (Phi) is 3.72. The Balaban J connectivity index is 2.37. The van der Waals surface area contributed by atoms with Crippen LogP contribution in [0.5, 0.6) is 0 Å². The lowest BCUT2D eigenvalue weighted by atomic mass is 10.1. The summed E-state index contributed by atoms with van der Waals surface area (Å²) >= 11 is 0. The third-order valence-corrected chi connectivity index (χ3v) is 2.44. The van der Waals surface area contributed by atoms with Gasteiger partial charge in [-0.05, 0) is 12.8 Å². The van der Waals surface area contributed by atoms with Crippen LogP contribution in [0.4, 0.5) is 0 Å². The van der Waals surface area contributed by atoms with Crippen LogP contribution in [0.2, 0.25) is 0 Å². The maximum absolute atomic E-state index is 11.1. The summed E-state index contributed by atoms with van der Waals surface area (Å²) < 4.78 is 0. The van der Waals surface area contributed by atoms with Gasteiger partial charge in [0.15, 0.2) is 0 Å². The number of carbonyl (C=O) groups is 1. The van der Waals surface area contributed by atoms with Gasteiger partial charge in [0, 0.05) is 32.1 Å². The average molecular weight is 184 g/mol. The summed E-state index contributed by atoms with van der Waals surface area (Å²) in [6.07, 6.45) is 2.33. The van der Waals surface area contributed by atoms with Crippen molar-refractivity contribution in [1.29, 1.82) is 0 Å². The van der Waals surface area contributed by atoms with E-state index < -0.39 is 0 Å². The SMILES string of the molecule is CC(=O)N1CCC[C@H](NC(C)C)C1. The normalized spacial score (nSPS) is 23.7. The Morgan fingerprint density at radius 3 is 2.77 bits per heavy atom. The number of amides is 1. The van der Waals surface area contributed by atoms with Crippen molar-refractivity contribution in [3.05, 3.63) is 0 Å². The monoisotopic (exact) mass is 184 g/mol. The van der Waals surface area contributed by atoms with Crippen LogP contribution in [0, 0.1) is 0 Å². The minimum Gasteiger partial charge on any atom is -0.341 e. The molecule has 0 radical (unpaired) electrons. The molecule has 76 valence electrons. The molecule has 0 aromatic carbocycles. The van der Waals surface area contributed by atoms with Crippen molar-refractivity contribution in [2.75, 3.05) is 13.1 Å². The van der Waals surface area contributed by atoms with Crippen molar-refractivity contribution in [2.45, 2.75) is 45.7 Å². The highest BCUT2D eigenvalue weighted by Gasteiger charge is 2.21. The summed E-state index contributed by atoms with van der Waals surface area (Å²) in [7, 11) is 0. The first-order valence-electron chi connectivity index (χ1n) is 5.11. The first kappa shape index (κ1) is 10.5. The van der Waals surface area contributed by atoms with Crippen molar-refractivity contribution in [2.24, 2.45) is 0 Å². The quantitative estimate of drug-likeness (QED) is 0.694. The molecule has 0 aliphatic carbocycles. The van der Waals surface area contributed by atoms with E-state index >= 15 is 0 Å². The Bertz CT molecular complexity index is 180. The predicted molar refractivity (Wildman–Crippen MR) is 53.5 cm³/mol. The van der Waals surface area contributed by atoms with Crippen molar-refractivity contribution < 1.29 is 4.79 Å². The Morgan fingerprint density at radius 2 is 2.23 bits per heavy atom. The number of likely N-dealkylation sites (tertiary alicyclic amines) is 1. The zero-order chi connectivity index (χ0) is 9.84. The number of rotatable bonds is 2. The molecule has 0 aromatic rings. The molecule has 0 unspecified atom stereocenters. The van der Waals surface area contributed by atoms with Gasteiger partial charge in [0.2, 0.25) is 5.91 Å². The van der Waals surface area contributed by atoms with Gasteiger partial charge >= 0.3 is 0 Å². The number of hydrogen-bond donors (Lipinski definition) is 1. The number of piperidine rings is 1. The topological polar surface area (TPSA) is 32.3 Å². The van der Waals surface area contributed by atoms with E-state index in [1.807, 2.05) is 4.90 Å². The highest BCUT2D eigenvalue weighted by molar-refractivity contribution is 5.73. The first-order valence-corrected chi connectivity index (χ1v) is 5.11.